The van der Waals surface area contributed by atoms with Gasteiger partial charge in [-0.2, -0.15) is 0 Å². The van der Waals surface area contributed by atoms with E-state index in [2.05, 4.69) is 104 Å². The van der Waals surface area contributed by atoms with Gasteiger partial charge in [-0.25, -0.2) is 0 Å². The van der Waals surface area contributed by atoms with Crippen LogP contribution in [-0.4, -0.2) is 37.9 Å². The molecule has 2 heterocycles. The fourth-order valence-corrected chi connectivity index (χ4v) is 3.89. The zero-order valence-electron chi connectivity index (χ0n) is 18.1. The summed E-state index contributed by atoms with van der Waals surface area (Å²) in [5, 5.41) is 13.7. The summed E-state index contributed by atoms with van der Waals surface area (Å²) < 4.78 is 0. The lowest BCUT2D eigenvalue weighted by molar-refractivity contribution is 0.960. The van der Waals surface area contributed by atoms with E-state index < -0.39 is 0 Å². The number of anilines is 2. The van der Waals surface area contributed by atoms with E-state index in [1.165, 1.54) is 11.1 Å². The Bertz CT molecular complexity index is 1030. The van der Waals surface area contributed by atoms with Gasteiger partial charge >= 0.3 is 0 Å². The second kappa shape index (κ2) is 9.56. The highest BCUT2D eigenvalue weighted by Crippen LogP contribution is 2.18. The van der Waals surface area contributed by atoms with E-state index in [0.717, 1.165) is 73.4 Å². The highest BCUT2D eigenvalue weighted by molar-refractivity contribution is 6.00. The number of rotatable bonds is 8. The topological polar surface area (TPSA) is 72.8 Å². The molecule has 3 aromatic carbocycles. The van der Waals surface area contributed by atoms with Gasteiger partial charge in [0.2, 0.25) is 0 Å². The number of aliphatic imine (C=N–C) groups is 2. The number of amidine groups is 2. The molecule has 0 radical (unpaired) electrons. The molecule has 32 heavy (non-hydrogen) atoms. The molecule has 0 saturated heterocycles. The molecule has 0 atom stereocenters. The first kappa shape index (κ1) is 20.1. The van der Waals surface area contributed by atoms with Crippen molar-refractivity contribution in [2.45, 2.75) is 13.1 Å². The highest BCUT2D eigenvalue weighted by Gasteiger charge is 2.08. The van der Waals surface area contributed by atoms with E-state index >= 15 is 0 Å². The maximum Gasteiger partial charge on any atom is 0.128 e. The second-order valence-corrected chi connectivity index (χ2v) is 8.00. The van der Waals surface area contributed by atoms with E-state index in [1.807, 2.05) is 0 Å². The quantitative estimate of drug-likeness (QED) is 0.446. The van der Waals surface area contributed by atoms with Crippen LogP contribution in [0, 0.1) is 0 Å². The molecule has 0 saturated carbocycles. The Hall–Kier alpha value is -3.80. The molecule has 0 amide bonds. The van der Waals surface area contributed by atoms with Gasteiger partial charge in [0.1, 0.15) is 11.7 Å². The molecule has 0 unspecified atom stereocenters. The first-order valence-corrected chi connectivity index (χ1v) is 11.2. The van der Waals surface area contributed by atoms with E-state index in [-0.39, 0.29) is 0 Å². The van der Waals surface area contributed by atoms with Gasteiger partial charge in [0.05, 0.1) is 13.1 Å². The molecule has 6 heteroatoms. The summed E-state index contributed by atoms with van der Waals surface area (Å²) in [6, 6.07) is 25.6. The van der Waals surface area contributed by atoms with Gasteiger partial charge in [-0.3, -0.25) is 9.98 Å². The Morgan fingerprint density at radius 3 is 1.50 bits per heavy atom. The third-order valence-electron chi connectivity index (χ3n) is 5.66. The Morgan fingerprint density at radius 1 is 0.625 bits per heavy atom. The average molecular weight is 425 g/mol. The maximum absolute atomic E-state index is 4.48. The van der Waals surface area contributed by atoms with Gasteiger partial charge in [-0.1, -0.05) is 54.6 Å². The van der Waals surface area contributed by atoms with E-state index in [9.17, 15) is 0 Å². The molecule has 0 fully saturated rings. The third kappa shape index (κ3) is 4.91. The highest BCUT2D eigenvalue weighted by atomic mass is 15.1. The number of nitrogens with zero attached hydrogens (tertiary/aromatic N) is 2. The van der Waals surface area contributed by atoms with Gasteiger partial charge in [0, 0.05) is 48.7 Å². The van der Waals surface area contributed by atoms with E-state index in [0.29, 0.717) is 0 Å². The van der Waals surface area contributed by atoms with Crippen molar-refractivity contribution in [1.29, 1.82) is 0 Å². The Morgan fingerprint density at radius 2 is 1.09 bits per heavy atom. The number of nitrogens with one attached hydrogen (secondary N) is 4. The molecular weight excluding hydrogens is 396 g/mol. The second-order valence-electron chi connectivity index (χ2n) is 8.00. The summed E-state index contributed by atoms with van der Waals surface area (Å²) in [7, 11) is 0. The lowest BCUT2D eigenvalue weighted by Gasteiger charge is -2.11. The summed E-state index contributed by atoms with van der Waals surface area (Å²) in [4.78, 5) is 8.95. The van der Waals surface area contributed by atoms with Crippen molar-refractivity contribution >= 4 is 23.0 Å². The molecule has 6 nitrogen and oxygen atoms in total. The molecule has 2 aliphatic rings. The predicted octanol–water partition coefficient (Wildman–Crippen LogP) is 3.61. The summed E-state index contributed by atoms with van der Waals surface area (Å²) in [6.07, 6.45) is 0. The van der Waals surface area contributed by atoms with E-state index in [1.54, 1.807) is 0 Å². The van der Waals surface area contributed by atoms with Crippen molar-refractivity contribution in [3.63, 3.8) is 0 Å². The minimum Gasteiger partial charge on any atom is -0.381 e. The van der Waals surface area contributed by atoms with Crippen molar-refractivity contribution in [3.05, 3.63) is 95.1 Å². The molecule has 0 bridgehead atoms. The zero-order chi connectivity index (χ0) is 21.6. The minimum atomic E-state index is 0.781. The van der Waals surface area contributed by atoms with Crippen molar-refractivity contribution in [2.75, 3.05) is 36.8 Å². The van der Waals surface area contributed by atoms with Crippen LogP contribution in [0.15, 0.2) is 82.8 Å². The van der Waals surface area contributed by atoms with Crippen LogP contribution >= 0.6 is 0 Å². The van der Waals surface area contributed by atoms with Gasteiger partial charge in [-0.05, 0) is 29.3 Å². The normalized spacial score (nSPS) is 14.9. The van der Waals surface area contributed by atoms with Gasteiger partial charge in [0.15, 0.2) is 0 Å². The fraction of sp³-hybridized carbons (Fsp3) is 0.231. The SMILES string of the molecule is c1cc(NCc2ccc(C3=NCCN3)cc2)cc(NCc2ccc(C3=NCCN3)cc2)c1. The lowest BCUT2D eigenvalue weighted by Crippen LogP contribution is -2.19. The number of benzene rings is 3. The molecule has 5 rings (SSSR count). The predicted molar refractivity (Wildman–Crippen MR) is 133 cm³/mol. The van der Waals surface area contributed by atoms with Crippen LogP contribution in [-0.2, 0) is 13.1 Å². The van der Waals surface area contributed by atoms with Crippen LogP contribution in [0.25, 0.3) is 0 Å². The van der Waals surface area contributed by atoms with Crippen molar-refractivity contribution in [3.8, 4) is 0 Å². The van der Waals surface area contributed by atoms with E-state index in [4.69, 9.17) is 0 Å². The third-order valence-corrected chi connectivity index (χ3v) is 5.66. The van der Waals surface area contributed by atoms with Crippen LogP contribution in [0.3, 0.4) is 0 Å². The monoisotopic (exact) mass is 424 g/mol. The number of hydrogen-bond acceptors (Lipinski definition) is 6. The van der Waals surface area contributed by atoms with Crippen LogP contribution in [0.2, 0.25) is 0 Å². The van der Waals surface area contributed by atoms with Crippen LogP contribution < -0.4 is 21.3 Å². The van der Waals surface area contributed by atoms with Gasteiger partial charge in [0.25, 0.3) is 0 Å². The molecule has 0 spiro atoms. The largest absolute Gasteiger partial charge is 0.381 e. The first-order valence-electron chi connectivity index (χ1n) is 11.2. The molecule has 2 aliphatic heterocycles. The van der Waals surface area contributed by atoms with Crippen molar-refractivity contribution in [1.82, 2.24) is 10.6 Å². The Balaban J connectivity index is 1.14. The summed E-state index contributed by atoms with van der Waals surface area (Å²) in [5.74, 6) is 2.00. The average Bonchev–Trinajstić information content (AvgIpc) is 3.57. The summed E-state index contributed by atoms with van der Waals surface area (Å²) in [6.45, 7) is 5.15. The first-order chi connectivity index (χ1) is 15.8. The molecular formula is C26H28N6. The summed E-state index contributed by atoms with van der Waals surface area (Å²) >= 11 is 0. The molecule has 3 aromatic rings. The summed E-state index contributed by atoms with van der Waals surface area (Å²) in [5.41, 5.74) is 6.98. The van der Waals surface area contributed by atoms with Crippen LogP contribution in [0.5, 0.6) is 0 Å². The lowest BCUT2D eigenvalue weighted by atomic mass is 10.1. The fourth-order valence-electron chi connectivity index (χ4n) is 3.89. The maximum atomic E-state index is 4.48. The minimum absolute atomic E-state index is 0.781. The smallest absolute Gasteiger partial charge is 0.128 e. The molecule has 0 aliphatic carbocycles. The molecule has 162 valence electrons. The van der Waals surface area contributed by atoms with Crippen LogP contribution in [0.4, 0.5) is 11.4 Å². The Kier molecular flexibility index (Phi) is 6.01. The van der Waals surface area contributed by atoms with Gasteiger partial charge < -0.3 is 21.3 Å². The number of hydrogen-bond donors (Lipinski definition) is 4. The molecule has 0 aromatic heterocycles. The van der Waals surface area contributed by atoms with Crippen molar-refractivity contribution in [2.24, 2.45) is 9.98 Å². The van der Waals surface area contributed by atoms with Crippen LogP contribution in [0.1, 0.15) is 22.3 Å². The standard InChI is InChI=1S/C26H28N6/c1-2-23(31-17-19-4-8-21(9-5-19)25-27-12-13-28-25)16-24(3-1)32-18-20-6-10-22(11-7-20)26-29-14-15-30-26/h1-11,16,31-32H,12-15,17-18H2,(H,27,28)(H,29,30). The van der Waals surface area contributed by atoms with Crippen molar-refractivity contribution < 1.29 is 0 Å². The Labute approximate surface area is 188 Å². The molecule has 4 N–H and O–H groups in total. The zero-order valence-corrected chi connectivity index (χ0v) is 18.1. The van der Waals surface area contributed by atoms with Gasteiger partial charge in [-0.15, -0.1) is 0 Å².